The Morgan fingerprint density at radius 2 is 2.05 bits per heavy atom. The number of hydrogen-bond acceptors (Lipinski definition) is 2. The first-order chi connectivity index (χ1) is 10.8. The van der Waals surface area contributed by atoms with Crippen LogP contribution in [0.25, 0.3) is 0 Å². The summed E-state index contributed by atoms with van der Waals surface area (Å²) in [5.74, 6) is 0.162. The summed E-state index contributed by atoms with van der Waals surface area (Å²) in [5.41, 5.74) is 2.80. The Balaban J connectivity index is 1.42. The Morgan fingerprint density at radius 1 is 1.18 bits per heavy atom. The molecule has 1 aliphatic carbocycles. The van der Waals surface area contributed by atoms with Crippen molar-refractivity contribution in [3.63, 3.8) is 0 Å². The van der Waals surface area contributed by atoms with E-state index < -0.39 is 0 Å². The van der Waals surface area contributed by atoms with E-state index in [9.17, 15) is 4.79 Å². The lowest BCUT2D eigenvalue weighted by Gasteiger charge is -2.16. The average Bonchev–Trinajstić information content (AvgIpc) is 3.07. The molecule has 22 heavy (non-hydrogen) atoms. The van der Waals surface area contributed by atoms with E-state index in [1.807, 2.05) is 6.07 Å². The first-order valence-corrected chi connectivity index (χ1v) is 8.59. The van der Waals surface area contributed by atoms with Gasteiger partial charge in [0.2, 0.25) is 5.91 Å². The smallest absolute Gasteiger partial charge is 0.237 e. The number of nitrogens with one attached hydrogen (secondary N) is 2. The van der Waals surface area contributed by atoms with Crippen LogP contribution in [0, 0.1) is 0 Å². The van der Waals surface area contributed by atoms with E-state index >= 15 is 0 Å². The maximum Gasteiger partial charge on any atom is 0.237 e. The lowest BCUT2D eigenvalue weighted by molar-refractivity contribution is -0.122. The van der Waals surface area contributed by atoms with Crippen molar-refractivity contribution >= 4 is 5.91 Å². The van der Waals surface area contributed by atoms with Crippen LogP contribution in [0.1, 0.15) is 56.6 Å². The third-order valence-corrected chi connectivity index (χ3v) is 4.80. The fourth-order valence-electron chi connectivity index (χ4n) is 3.50. The van der Waals surface area contributed by atoms with Gasteiger partial charge in [0.15, 0.2) is 0 Å². The van der Waals surface area contributed by atoms with Gasteiger partial charge in [0.1, 0.15) is 0 Å². The normalized spacial score (nSPS) is 24.8. The maximum atomic E-state index is 12.3. The second-order valence-corrected chi connectivity index (χ2v) is 6.41. The molecular weight excluding hydrogens is 272 g/mol. The van der Waals surface area contributed by atoms with Crippen LogP contribution in [0.2, 0.25) is 0 Å². The zero-order chi connectivity index (χ0) is 15.2. The third-order valence-electron chi connectivity index (χ3n) is 4.80. The summed E-state index contributed by atoms with van der Waals surface area (Å²) in [6, 6.07) is 10.7. The summed E-state index contributed by atoms with van der Waals surface area (Å²) < 4.78 is 0. The Kier molecular flexibility index (Phi) is 5.28. The van der Waals surface area contributed by atoms with Gasteiger partial charge in [-0.05, 0) is 50.5 Å². The second-order valence-electron chi connectivity index (χ2n) is 6.41. The number of carbonyl (C=O) groups is 1. The number of allylic oxidation sites excluding steroid dienone is 1. The molecule has 1 amide bonds. The van der Waals surface area contributed by atoms with Crippen LogP contribution in [-0.4, -0.2) is 18.5 Å². The Labute approximate surface area is 133 Å². The minimum Gasteiger partial charge on any atom is -0.354 e. The highest BCUT2D eigenvalue weighted by molar-refractivity contribution is 5.82. The van der Waals surface area contributed by atoms with E-state index in [-0.39, 0.29) is 11.9 Å². The van der Waals surface area contributed by atoms with Crippen molar-refractivity contribution in [3.8, 4) is 0 Å². The average molecular weight is 298 g/mol. The van der Waals surface area contributed by atoms with Crippen molar-refractivity contribution in [2.24, 2.45) is 0 Å². The summed E-state index contributed by atoms with van der Waals surface area (Å²) in [7, 11) is 0. The molecule has 2 N–H and O–H groups in total. The Bertz CT molecular complexity index is 523. The molecule has 3 rings (SSSR count). The standard InChI is InChI=1S/C19H26N2O/c22-19(20-14-13-15-7-3-1-4-8-15)18-12-11-17(21-18)16-9-5-2-6-10-16/h2,5-7,9-10,17-18,21H,1,3-4,8,11-14H2,(H,20,22)/t17-,18-/m1/s1. The molecule has 0 saturated carbocycles. The quantitative estimate of drug-likeness (QED) is 0.817. The number of benzene rings is 1. The van der Waals surface area contributed by atoms with Crippen molar-refractivity contribution in [2.75, 3.05) is 6.54 Å². The lowest BCUT2D eigenvalue weighted by atomic mass is 9.97. The molecule has 0 bridgehead atoms. The van der Waals surface area contributed by atoms with Crippen LogP contribution in [0.15, 0.2) is 42.0 Å². The molecule has 1 aliphatic heterocycles. The summed E-state index contributed by atoms with van der Waals surface area (Å²) >= 11 is 0. The first-order valence-electron chi connectivity index (χ1n) is 8.59. The van der Waals surface area contributed by atoms with Crippen molar-refractivity contribution < 1.29 is 4.79 Å². The number of carbonyl (C=O) groups excluding carboxylic acids is 1. The molecule has 3 nitrogen and oxygen atoms in total. The van der Waals surface area contributed by atoms with E-state index in [4.69, 9.17) is 0 Å². The molecule has 118 valence electrons. The minimum absolute atomic E-state index is 0.0365. The van der Waals surface area contributed by atoms with Crippen LogP contribution >= 0.6 is 0 Å². The molecule has 1 saturated heterocycles. The first kappa shape index (κ1) is 15.3. The van der Waals surface area contributed by atoms with Gasteiger partial charge in [-0.3, -0.25) is 10.1 Å². The van der Waals surface area contributed by atoms with Gasteiger partial charge < -0.3 is 5.32 Å². The zero-order valence-electron chi connectivity index (χ0n) is 13.2. The van der Waals surface area contributed by atoms with E-state index in [1.165, 1.54) is 36.8 Å². The number of rotatable bonds is 5. The Hall–Kier alpha value is -1.61. The molecule has 2 aliphatic rings. The summed E-state index contributed by atoms with van der Waals surface area (Å²) in [5, 5.41) is 6.57. The van der Waals surface area contributed by atoms with Crippen molar-refractivity contribution in [3.05, 3.63) is 47.5 Å². The minimum atomic E-state index is -0.0365. The molecule has 0 radical (unpaired) electrons. The van der Waals surface area contributed by atoms with E-state index in [2.05, 4.69) is 41.0 Å². The highest BCUT2D eigenvalue weighted by Crippen LogP contribution is 2.26. The SMILES string of the molecule is O=C(NCCC1=CCCCC1)[C@H]1CC[C@H](c2ccccc2)N1. The van der Waals surface area contributed by atoms with Crippen molar-refractivity contribution in [2.45, 2.75) is 57.0 Å². The fraction of sp³-hybridized carbons (Fsp3) is 0.526. The molecule has 2 atom stereocenters. The maximum absolute atomic E-state index is 12.3. The van der Waals surface area contributed by atoms with Gasteiger partial charge in [0.25, 0.3) is 0 Å². The molecule has 3 heteroatoms. The van der Waals surface area contributed by atoms with Gasteiger partial charge in [0, 0.05) is 12.6 Å². The van der Waals surface area contributed by atoms with Gasteiger partial charge in [-0.15, -0.1) is 0 Å². The monoisotopic (exact) mass is 298 g/mol. The molecule has 0 spiro atoms. The topological polar surface area (TPSA) is 41.1 Å². The van der Waals surface area contributed by atoms with Crippen LogP contribution in [0.4, 0.5) is 0 Å². The van der Waals surface area contributed by atoms with E-state index in [1.54, 1.807) is 0 Å². The second kappa shape index (κ2) is 7.59. The number of hydrogen-bond donors (Lipinski definition) is 2. The van der Waals surface area contributed by atoms with Gasteiger partial charge >= 0.3 is 0 Å². The van der Waals surface area contributed by atoms with Gasteiger partial charge in [0.05, 0.1) is 6.04 Å². The van der Waals surface area contributed by atoms with Crippen molar-refractivity contribution in [1.29, 1.82) is 0 Å². The van der Waals surface area contributed by atoms with Crippen LogP contribution in [-0.2, 0) is 4.79 Å². The zero-order valence-corrected chi connectivity index (χ0v) is 13.2. The van der Waals surface area contributed by atoms with Crippen LogP contribution in [0.3, 0.4) is 0 Å². The molecule has 0 aromatic heterocycles. The van der Waals surface area contributed by atoms with E-state index in [0.29, 0.717) is 6.04 Å². The predicted molar refractivity (Wildman–Crippen MR) is 89.5 cm³/mol. The highest BCUT2D eigenvalue weighted by Gasteiger charge is 2.29. The highest BCUT2D eigenvalue weighted by atomic mass is 16.2. The van der Waals surface area contributed by atoms with Gasteiger partial charge in [-0.25, -0.2) is 0 Å². The fourth-order valence-corrected chi connectivity index (χ4v) is 3.50. The number of amides is 1. The van der Waals surface area contributed by atoms with E-state index in [0.717, 1.165) is 25.8 Å². The molecular formula is C19H26N2O. The largest absolute Gasteiger partial charge is 0.354 e. The molecule has 1 heterocycles. The Morgan fingerprint density at radius 3 is 2.82 bits per heavy atom. The summed E-state index contributed by atoms with van der Waals surface area (Å²) in [6.07, 6.45) is 10.4. The van der Waals surface area contributed by atoms with Crippen LogP contribution < -0.4 is 10.6 Å². The molecule has 0 unspecified atom stereocenters. The van der Waals surface area contributed by atoms with Crippen LogP contribution in [0.5, 0.6) is 0 Å². The summed E-state index contributed by atoms with van der Waals surface area (Å²) in [4.78, 5) is 12.3. The van der Waals surface area contributed by atoms with Crippen molar-refractivity contribution in [1.82, 2.24) is 10.6 Å². The molecule has 1 aromatic rings. The molecule has 1 aromatic carbocycles. The predicted octanol–water partition coefficient (Wildman–Crippen LogP) is 3.49. The third kappa shape index (κ3) is 3.98. The van der Waals surface area contributed by atoms with Gasteiger partial charge in [-0.1, -0.05) is 42.0 Å². The lowest BCUT2D eigenvalue weighted by Crippen LogP contribution is -2.41. The summed E-state index contributed by atoms with van der Waals surface area (Å²) in [6.45, 7) is 0.777. The van der Waals surface area contributed by atoms with Gasteiger partial charge in [-0.2, -0.15) is 0 Å². The molecule has 1 fully saturated rings.